The molecule has 1 aliphatic heterocycles. The molecular formula is C9H13FN2O. The molecule has 1 amide bonds. The third-order valence-corrected chi connectivity index (χ3v) is 2.18. The molecule has 0 aromatic heterocycles. The number of hydrogen-bond donors (Lipinski definition) is 1. The van der Waals surface area contributed by atoms with E-state index in [0.717, 1.165) is 0 Å². The molecule has 0 aliphatic carbocycles. The van der Waals surface area contributed by atoms with Crippen molar-refractivity contribution in [2.45, 2.75) is 13.1 Å². The fourth-order valence-corrected chi connectivity index (χ4v) is 1.41. The smallest absolute Gasteiger partial charge is 0.298 e. The van der Waals surface area contributed by atoms with Crippen LogP contribution in [0.1, 0.15) is 6.92 Å². The van der Waals surface area contributed by atoms with Gasteiger partial charge in [0.05, 0.1) is 6.54 Å². The van der Waals surface area contributed by atoms with Gasteiger partial charge in [-0.2, -0.15) is 0 Å². The summed E-state index contributed by atoms with van der Waals surface area (Å²) in [4.78, 5) is 12.6. The fourth-order valence-electron chi connectivity index (χ4n) is 1.41. The van der Waals surface area contributed by atoms with E-state index in [1.54, 1.807) is 6.92 Å². The van der Waals surface area contributed by atoms with E-state index >= 15 is 0 Å². The predicted molar refractivity (Wildman–Crippen MR) is 47.5 cm³/mol. The van der Waals surface area contributed by atoms with E-state index in [0.29, 0.717) is 6.54 Å². The second-order valence-corrected chi connectivity index (χ2v) is 3.10. The first-order valence-corrected chi connectivity index (χ1v) is 4.24. The highest BCUT2D eigenvalue weighted by molar-refractivity contribution is 5.93. The van der Waals surface area contributed by atoms with Crippen molar-refractivity contribution in [1.29, 1.82) is 0 Å². The Kier molecular flexibility index (Phi) is 3.26. The number of halogens is 1. The van der Waals surface area contributed by atoms with Gasteiger partial charge in [-0.25, -0.2) is 4.39 Å². The van der Waals surface area contributed by atoms with Crippen molar-refractivity contribution < 1.29 is 9.18 Å². The van der Waals surface area contributed by atoms with Crippen molar-refractivity contribution in [2.24, 2.45) is 11.7 Å². The van der Waals surface area contributed by atoms with Gasteiger partial charge < -0.3 is 10.6 Å². The Hall–Kier alpha value is -1.08. The quantitative estimate of drug-likeness (QED) is 0.572. The number of rotatable bonds is 1. The van der Waals surface area contributed by atoms with Crippen LogP contribution in [0.4, 0.5) is 4.39 Å². The third-order valence-electron chi connectivity index (χ3n) is 2.18. The lowest BCUT2D eigenvalue weighted by Crippen LogP contribution is -2.28. The molecule has 0 saturated carbocycles. The highest BCUT2D eigenvalue weighted by Crippen LogP contribution is 2.18. The molecule has 1 heterocycles. The SMILES string of the molecule is CC#CC(=O)N1C[C@H](CN)[C@H](F)C1. The minimum absolute atomic E-state index is 0.134. The van der Waals surface area contributed by atoms with Crippen molar-refractivity contribution in [2.75, 3.05) is 19.6 Å². The zero-order chi connectivity index (χ0) is 9.84. The lowest BCUT2D eigenvalue weighted by molar-refractivity contribution is -0.124. The second kappa shape index (κ2) is 4.24. The van der Waals surface area contributed by atoms with Gasteiger partial charge in [-0.15, -0.1) is 0 Å². The van der Waals surface area contributed by atoms with E-state index in [1.165, 1.54) is 4.90 Å². The van der Waals surface area contributed by atoms with Crippen LogP contribution in [0, 0.1) is 17.8 Å². The topological polar surface area (TPSA) is 46.3 Å². The number of alkyl halides is 1. The number of likely N-dealkylation sites (tertiary alicyclic amines) is 1. The molecule has 1 aliphatic rings. The first kappa shape index (κ1) is 10.0. The number of nitrogens with zero attached hydrogens (tertiary/aromatic N) is 1. The molecule has 0 aromatic carbocycles. The molecule has 2 N–H and O–H groups in total. The molecule has 0 radical (unpaired) electrons. The molecule has 2 atom stereocenters. The summed E-state index contributed by atoms with van der Waals surface area (Å²) in [5.41, 5.74) is 5.35. The van der Waals surface area contributed by atoms with Crippen molar-refractivity contribution in [1.82, 2.24) is 4.90 Å². The summed E-state index contributed by atoms with van der Waals surface area (Å²) < 4.78 is 13.1. The Bertz CT molecular complexity index is 256. The molecular weight excluding hydrogens is 171 g/mol. The summed E-state index contributed by atoms with van der Waals surface area (Å²) >= 11 is 0. The van der Waals surface area contributed by atoms with Gasteiger partial charge in [0.2, 0.25) is 0 Å². The molecule has 1 rings (SSSR count). The van der Waals surface area contributed by atoms with Crippen LogP contribution in [0.2, 0.25) is 0 Å². The van der Waals surface area contributed by atoms with Gasteiger partial charge in [-0.3, -0.25) is 4.79 Å². The van der Waals surface area contributed by atoms with Crippen LogP contribution in [0.15, 0.2) is 0 Å². The minimum Gasteiger partial charge on any atom is -0.330 e. The summed E-state index contributed by atoms with van der Waals surface area (Å²) in [6.45, 7) is 2.40. The number of nitrogens with two attached hydrogens (primary N) is 1. The van der Waals surface area contributed by atoms with Crippen LogP contribution in [0.5, 0.6) is 0 Å². The van der Waals surface area contributed by atoms with Gasteiger partial charge in [0, 0.05) is 12.5 Å². The summed E-state index contributed by atoms with van der Waals surface area (Å²) in [5.74, 6) is 4.35. The number of amides is 1. The molecule has 72 valence electrons. The molecule has 1 fully saturated rings. The molecule has 0 bridgehead atoms. The standard InChI is InChI=1S/C9H13FN2O/c1-2-3-9(13)12-5-7(4-11)8(10)6-12/h7-8H,4-6,11H2,1H3/t7-,8+/m0/s1. The largest absolute Gasteiger partial charge is 0.330 e. The van der Waals surface area contributed by atoms with Crippen molar-refractivity contribution >= 4 is 5.91 Å². The summed E-state index contributed by atoms with van der Waals surface area (Å²) in [6.07, 6.45) is -0.993. The van der Waals surface area contributed by atoms with Gasteiger partial charge in [-0.1, -0.05) is 5.92 Å². The number of hydrogen-bond acceptors (Lipinski definition) is 2. The second-order valence-electron chi connectivity index (χ2n) is 3.10. The Morgan fingerprint density at radius 1 is 1.69 bits per heavy atom. The summed E-state index contributed by atoms with van der Waals surface area (Å²) in [7, 11) is 0. The zero-order valence-electron chi connectivity index (χ0n) is 7.59. The van der Waals surface area contributed by atoms with E-state index in [2.05, 4.69) is 11.8 Å². The molecule has 3 nitrogen and oxygen atoms in total. The van der Waals surface area contributed by atoms with E-state index in [1.807, 2.05) is 0 Å². The molecule has 0 unspecified atom stereocenters. The average Bonchev–Trinajstić information content (AvgIpc) is 2.47. The lowest BCUT2D eigenvalue weighted by atomic mass is 10.1. The van der Waals surface area contributed by atoms with E-state index in [9.17, 15) is 9.18 Å². The van der Waals surface area contributed by atoms with Crippen molar-refractivity contribution in [3.05, 3.63) is 0 Å². The number of carbonyl (C=O) groups is 1. The van der Waals surface area contributed by atoms with Gasteiger partial charge in [0.25, 0.3) is 5.91 Å². The lowest BCUT2D eigenvalue weighted by Gasteiger charge is -2.10. The molecule has 4 heteroatoms. The van der Waals surface area contributed by atoms with Crippen molar-refractivity contribution in [3.63, 3.8) is 0 Å². The zero-order valence-corrected chi connectivity index (χ0v) is 7.59. The average molecular weight is 184 g/mol. The normalized spacial score (nSPS) is 26.8. The monoisotopic (exact) mass is 184 g/mol. The predicted octanol–water partition coefficient (Wildman–Crippen LogP) is -0.235. The maximum atomic E-state index is 13.1. The highest BCUT2D eigenvalue weighted by atomic mass is 19.1. The van der Waals surface area contributed by atoms with E-state index in [-0.39, 0.29) is 24.9 Å². The third kappa shape index (κ3) is 2.19. The maximum absolute atomic E-state index is 13.1. The summed E-state index contributed by atoms with van der Waals surface area (Å²) in [6, 6.07) is 0. The van der Waals surface area contributed by atoms with Crippen LogP contribution in [-0.4, -0.2) is 36.6 Å². The van der Waals surface area contributed by atoms with Crippen molar-refractivity contribution in [3.8, 4) is 11.8 Å². The molecule has 1 saturated heterocycles. The van der Waals surface area contributed by atoms with Crippen LogP contribution in [0.25, 0.3) is 0 Å². The molecule has 0 aromatic rings. The summed E-state index contributed by atoms with van der Waals surface area (Å²) in [5, 5.41) is 0. The minimum atomic E-state index is -0.993. The van der Waals surface area contributed by atoms with Gasteiger partial charge >= 0.3 is 0 Å². The number of carbonyl (C=O) groups excluding carboxylic acids is 1. The fraction of sp³-hybridized carbons (Fsp3) is 0.667. The Morgan fingerprint density at radius 2 is 2.38 bits per heavy atom. The van der Waals surface area contributed by atoms with Gasteiger partial charge in [0.15, 0.2) is 0 Å². The first-order valence-electron chi connectivity index (χ1n) is 4.24. The van der Waals surface area contributed by atoms with E-state index < -0.39 is 6.17 Å². The van der Waals surface area contributed by atoms with Crippen LogP contribution in [-0.2, 0) is 4.79 Å². The molecule has 0 spiro atoms. The Labute approximate surface area is 77.1 Å². The Morgan fingerprint density at radius 3 is 2.85 bits per heavy atom. The highest BCUT2D eigenvalue weighted by Gasteiger charge is 2.33. The first-order chi connectivity index (χ1) is 6.19. The van der Waals surface area contributed by atoms with Crippen LogP contribution < -0.4 is 5.73 Å². The van der Waals surface area contributed by atoms with Crippen LogP contribution >= 0.6 is 0 Å². The van der Waals surface area contributed by atoms with E-state index in [4.69, 9.17) is 5.73 Å². The maximum Gasteiger partial charge on any atom is 0.298 e. The Balaban J connectivity index is 2.56. The van der Waals surface area contributed by atoms with Gasteiger partial charge in [-0.05, 0) is 19.4 Å². The molecule has 13 heavy (non-hydrogen) atoms. The van der Waals surface area contributed by atoms with Crippen LogP contribution in [0.3, 0.4) is 0 Å². The van der Waals surface area contributed by atoms with Gasteiger partial charge in [0.1, 0.15) is 6.17 Å².